The van der Waals surface area contributed by atoms with Crippen LogP contribution in [0.15, 0.2) is 24.3 Å². The highest BCUT2D eigenvalue weighted by molar-refractivity contribution is 5.76. The maximum atomic E-state index is 11.9. The molecule has 1 amide bonds. The van der Waals surface area contributed by atoms with E-state index in [1.54, 1.807) is 4.90 Å². The maximum absolute atomic E-state index is 11.9. The second-order valence-corrected chi connectivity index (χ2v) is 6.40. The smallest absolute Gasteiger partial charge is 0.223 e. The molecule has 0 bridgehead atoms. The molecule has 0 aliphatic heterocycles. The van der Waals surface area contributed by atoms with Gasteiger partial charge in [0.05, 0.1) is 6.54 Å². The monoisotopic (exact) mass is 292 g/mol. The number of carbonyl (C=O) groups is 1. The maximum Gasteiger partial charge on any atom is 0.223 e. The lowest BCUT2D eigenvalue weighted by Crippen LogP contribution is -2.39. The largest absolute Gasteiger partial charge is 0.492 e. The van der Waals surface area contributed by atoms with E-state index in [1.807, 2.05) is 38.2 Å². The molecule has 0 spiro atoms. The molecular formula is C17H28N2O2. The molecule has 0 unspecified atom stereocenters. The Bertz CT molecular complexity index is 435. The molecule has 1 aromatic carbocycles. The molecule has 21 heavy (non-hydrogen) atoms. The fourth-order valence-corrected chi connectivity index (χ4v) is 1.79. The van der Waals surface area contributed by atoms with Gasteiger partial charge in [0.15, 0.2) is 0 Å². The van der Waals surface area contributed by atoms with Crippen molar-refractivity contribution in [2.45, 2.75) is 39.7 Å². The van der Waals surface area contributed by atoms with Crippen LogP contribution in [0.25, 0.3) is 0 Å². The molecule has 0 atom stereocenters. The third-order valence-corrected chi connectivity index (χ3v) is 3.14. The number of carbonyl (C=O) groups excluding carboxylic acids is 1. The average Bonchev–Trinajstić information content (AvgIpc) is 2.39. The summed E-state index contributed by atoms with van der Waals surface area (Å²) >= 11 is 0. The number of ether oxygens (including phenoxy) is 1. The summed E-state index contributed by atoms with van der Waals surface area (Å²) in [6.07, 6.45) is 0.512. The topological polar surface area (TPSA) is 41.6 Å². The predicted octanol–water partition coefficient (Wildman–Crippen LogP) is 2.61. The van der Waals surface area contributed by atoms with E-state index in [0.717, 1.165) is 5.75 Å². The number of amides is 1. The van der Waals surface area contributed by atoms with Crippen molar-refractivity contribution in [2.24, 2.45) is 0 Å². The van der Waals surface area contributed by atoms with Gasteiger partial charge in [0.2, 0.25) is 5.91 Å². The van der Waals surface area contributed by atoms with E-state index in [0.29, 0.717) is 26.1 Å². The molecule has 1 N–H and O–H groups in total. The third kappa shape index (κ3) is 7.71. The third-order valence-electron chi connectivity index (χ3n) is 3.14. The van der Waals surface area contributed by atoms with Gasteiger partial charge in [-0.15, -0.1) is 0 Å². The Morgan fingerprint density at radius 3 is 2.43 bits per heavy atom. The van der Waals surface area contributed by atoms with E-state index in [1.165, 1.54) is 5.56 Å². The van der Waals surface area contributed by atoms with Crippen LogP contribution < -0.4 is 10.1 Å². The summed E-state index contributed by atoms with van der Waals surface area (Å²) in [5, 5.41) is 3.32. The molecule has 0 aliphatic rings. The van der Waals surface area contributed by atoms with Crippen LogP contribution in [0, 0.1) is 6.92 Å². The Morgan fingerprint density at radius 2 is 1.86 bits per heavy atom. The van der Waals surface area contributed by atoms with Crippen LogP contribution in [0.1, 0.15) is 32.8 Å². The van der Waals surface area contributed by atoms with Crippen molar-refractivity contribution < 1.29 is 9.53 Å². The molecule has 0 fully saturated rings. The lowest BCUT2D eigenvalue weighted by atomic mass is 10.1. The Kier molecular flexibility index (Phi) is 6.69. The van der Waals surface area contributed by atoms with Crippen molar-refractivity contribution in [3.63, 3.8) is 0 Å². The van der Waals surface area contributed by atoms with Crippen molar-refractivity contribution in [2.75, 3.05) is 26.7 Å². The van der Waals surface area contributed by atoms with Gasteiger partial charge < -0.3 is 15.0 Å². The average molecular weight is 292 g/mol. The van der Waals surface area contributed by atoms with Crippen LogP contribution in [-0.2, 0) is 4.79 Å². The van der Waals surface area contributed by atoms with Gasteiger partial charge in [0.25, 0.3) is 0 Å². The SMILES string of the molecule is Cc1ccc(OCCN(C)C(=O)CCNC(C)(C)C)cc1. The van der Waals surface area contributed by atoms with Crippen molar-refractivity contribution in [3.8, 4) is 5.75 Å². The van der Waals surface area contributed by atoms with Gasteiger partial charge in [-0.25, -0.2) is 0 Å². The van der Waals surface area contributed by atoms with Crippen molar-refractivity contribution in [3.05, 3.63) is 29.8 Å². The van der Waals surface area contributed by atoms with E-state index in [9.17, 15) is 4.79 Å². The summed E-state index contributed by atoms with van der Waals surface area (Å²) in [4.78, 5) is 13.7. The van der Waals surface area contributed by atoms with Crippen LogP contribution in [0.4, 0.5) is 0 Å². The van der Waals surface area contributed by atoms with Crippen LogP contribution in [0.3, 0.4) is 0 Å². The predicted molar refractivity (Wildman–Crippen MR) is 86.7 cm³/mol. The summed E-state index contributed by atoms with van der Waals surface area (Å²) in [6, 6.07) is 7.93. The standard InChI is InChI=1S/C17H28N2O2/c1-14-6-8-15(9-7-14)21-13-12-19(5)16(20)10-11-18-17(2,3)4/h6-9,18H,10-13H2,1-5H3. The van der Waals surface area contributed by atoms with Gasteiger partial charge in [-0.2, -0.15) is 0 Å². The Morgan fingerprint density at radius 1 is 1.24 bits per heavy atom. The molecule has 0 aromatic heterocycles. The van der Waals surface area contributed by atoms with Crippen molar-refractivity contribution in [1.82, 2.24) is 10.2 Å². The Hall–Kier alpha value is -1.55. The second kappa shape index (κ2) is 8.03. The van der Waals surface area contributed by atoms with Crippen molar-refractivity contribution in [1.29, 1.82) is 0 Å². The number of nitrogens with one attached hydrogen (secondary N) is 1. The van der Waals surface area contributed by atoms with Crippen LogP contribution in [-0.4, -0.2) is 43.1 Å². The van der Waals surface area contributed by atoms with Gasteiger partial charge in [-0.1, -0.05) is 17.7 Å². The highest BCUT2D eigenvalue weighted by Gasteiger charge is 2.12. The molecule has 0 aliphatic carbocycles. The molecule has 0 saturated heterocycles. The molecular weight excluding hydrogens is 264 g/mol. The fourth-order valence-electron chi connectivity index (χ4n) is 1.79. The fraction of sp³-hybridized carbons (Fsp3) is 0.588. The zero-order valence-electron chi connectivity index (χ0n) is 13.9. The summed E-state index contributed by atoms with van der Waals surface area (Å²) in [5.74, 6) is 0.982. The van der Waals surface area contributed by atoms with E-state index < -0.39 is 0 Å². The van der Waals surface area contributed by atoms with Gasteiger partial charge in [-0.05, 0) is 39.8 Å². The lowest BCUT2D eigenvalue weighted by Gasteiger charge is -2.22. The zero-order valence-corrected chi connectivity index (χ0v) is 13.9. The summed E-state index contributed by atoms with van der Waals surface area (Å²) in [5.41, 5.74) is 1.26. The first-order valence-corrected chi connectivity index (χ1v) is 7.46. The van der Waals surface area contributed by atoms with E-state index in [2.05, 4.69) is 26.1 Å². The van der Waals surface area contributed by atoms with Crippen LogP contribution in [0.2, 0.25) is 0 Å². The molecule has 0 heterocycles. The summed E-state index contributed by atoms with van der Waals surface area (Å²) in [6.45, 7) is 10.1. The number of hydrogen-bond donors (Lipinski definition) is 1. The van der Waals surface area contributed by atoms with Gasteiger partial charge in [0, 0.05) is 25.6 Å². The number of benzene rings is 1. The quantitative estimate of drug-likeness (QED) is 0.840. The Labute approximate surface area is 128 Å². The second-order valence-electron chi connectivity index (χ2n) is 6.40. The molecule has 4 nitrogen and oxygen atoms in total. The first-order valence-electron chi connectivity index (χ1n) is 7.46. The minimum Gasteiger partial charge on any atom is -0.492 e. The number of aryl methyl sites for hydroxylation is 1. The number of nitrogens with zero attached hydrogens (tertiary/aromatic N) is 1. The van der Waals surface area contributed by atoms with Crippen LogP contribution in [0.5, 0.6) is 5.75 Å². The molecule has 4 heteroatoms. The van der Waals surface area contributed by atoms with Crippen LogP contribution >= 0.6 is 0 Å². The molecule has 118 valence electrons. The van der Waals surface area contributed by atoms with Gasteiger partial charge in [-0.3, -0.25) is 4.79 Å². The number of likely N-dealkylation sites (N-methyl/N-ethyl adjacent to an activating group) is 1. The lowest BCUT2D eigenvalue weighted by molar-refractivity contribution is -0.130. The number of hydrogen-bond acceptors (Lipinski definition) is 3. The molecule has 1 rings (SSSR count). The first-order chi connectivity index (χ1) is 9.78. The first kappa shape index (κ1) is 17.5. The van der Waals surface area contributed by atoms with E-state index >= 15 is 0 Å². The zero-order chi connectivity index (χ0) is 15.9. The van der Waals surface area contributed by atoms with E-state index in [-0.39, 0.29) is 11.4 Å². The van der Waals surface area contributed by atoms with Crippen molar-refractivity contribution >= 4 is 5.91 Å². The highest BCUT2D eigenvalue weighted by atomic mass is 16.5. The molecule has 0 radical (unpaired) electrons. The summed E-state index contributed by atoms with van der Waals surface area (Å²) < 4.78 is 5.63. The van der Waals surface area contributed by atoms with Gasteiger partial charge in [0.1, 0.15) is 12.4 Å². The van der Waals surface area contributed by atoms with Gasteiger partial charge >= 0.3 is 0 Å². The van der Waals surface area contributed by atoms with E-state index in [4.69, 9.17) is 4.74 Å². The molecule has 0 saturated carbocycles. The normalized spacial score (nSPS) is 11.3. The summed E-state index contributed by atoms with van der Waals surface area (Å²) in [7, 11) is 1.82. The number of rotatable bonds is 7. The highest BCUT2D eigenvalue weighted by Crippen LogP contribution is 2.11. The minimum absolute atomic E-state index is 0.0490. The Balaban J connectivity index is 2.22. The molecule has 1 aromatic rings. The minimum atomic E-state index is 0.0490.